The Morgan fingerprint density at radius 3 is 1.94 bits per heavy atom. The van der Waals surface area contributed by atoms with Crippen LogP contribution >= 0.6 is 0 Å². The van der Waals surface area contributed by atoms with E-state index in [-0.39, 0.29) is 0 Å². The Labute approximate surface area is 101 Å². The third-order valence-corrected chi connectivity index (χ3v) is 1.91. The van der Waals surface area contributed by atoms with Crippen molar-refractivity contribution in [2.75, 3.05) is 7.11 Å². The van der Waals surface area contributed by atoms with Crippen molar-refractivity contribution >= 4 is 17.8 Å². The van der Waals surface area contributed by atoms with Gasteiger partial charge in [0, 0.05) is 0 Å². The van der Waals surface area contributed by atoms with Crippen molar-refractivity contribution < 1.29 is 32.3 Å². The number of hydrogen-bond donors (Lipinski definition) is 2. The molecule has 104 valence electrons. The second-order valence-electron chi connectivity index (χ2n) is 3.45. The van der Waals surface area contributed by atoms with Crippen molar-refractivity contribution in [2.45, 2.75) is 32.1 Å². The van der Waals surface area contributed by atoms with E-state index in [1.165, 1.54) is 12.2 Å². The largest absolute Gasteiger partial charge is 0.471 e. The molecule has 0 aromatic heterocycles. The lowest BCUT2D eigenvalue weighted by Crippen LogP contribution is -2.52. The average molecular weight is 270 g/mol. The second-order valence-corrected chi connectivity index (χ2v) is 3.45. The Hall–Kier alpha value is -1.80. The van der Waals surface area contributed by atoms with Crippen LogP contribution < -0.4 is 10.6 Å². The van der Waals surface area contributed by atoms with Crippen LogP contribution in [-0.4, -0.2) is 43.2 Å². The molecule has 0 saturated carbocycles. The maximum Gasteiger partial charge on any atom is 0.471 e. The van der Waals surface area contributed by atoms with Gasteiger partial charge in [-0.25, -0.2) is 4.79 Å². The summed E-state index contributed by atoms with van der Waals surface area (Å²) in [5.41, 5.74) is 0. The number of alkyl halides is 3. The van der Waals surface area contributed by atoms with Gasteiger partial charge in [0.1, 0.15) is 12.1 Å². The van der Waals surface area contributed by atoms with E-state index < -0.39 is 36.0 Å². The van der Waals surface area contributed by atoms with Gasteiger partial charge < -0.3 is 15.4 Å². The molecule has 2 atom stereocenters. The summed E-state index contributed by atoms with van der Waals surface area (Å²) >= 11 is 0. The molecule has 0 aromatic carbocycles. The third kappa shape index (κ3) is 5.02. The molecule has 0 aliphatic heterocycles. The molecule has 0 bridgehead atoms. The van der Waals surface area contributed by atoms with Crippen molar-refractivity contribution in [1.82, 2.24) is 10.6 Å². The molecule has 9 heteroatoms. The molecule has 0 unspecified atom stereocenters. The first-order valence-corrected chi connectivity index (χ1v) is 4.85. The van der Waals surface area contributed by atoms with Gasteiger partial charge in [0.05, 0.1) is 7.11 Å². The zero-order chi connectivity index (χ0) is 14.5. The van der Waals surface area contributed by atoms with Gasteiger partial charge in [-0.15, -0.1) is 0 Å². The van der Waals surface area contributed by atoms with E-state index in [0.29, 0.717) is 0 Å². The summed E-state index contributed by atoms with van der Waals surface area (Å²) in [4.78, 5) is 32.8. The quantitative estimate of drug-likeness (QED) is 0.689. The normalized spacial score (nSPS) is 14.3. The van der Waals surface area contributed by atoms with Crippen molar-refractivity contribution in [3.8, 4) is 0 Å². The standard InChI is InChI=1S/C9H13F3N2O4/c1-4(14-8(17)9(10,11)12)6(15)13-5(2)7(16)18-3/h4-5H,1-3H3,(H,13,15)(H,14,17)/t4-,5-/m0/s1. The van der Waals surface area contributed by atoms with Gasteiger partial charge in [0.2, 0.25) is 5.91 Å². The molecule has 0 rings (SSSR count). The molecular formula is C9H13F3N2O4. The number of carbonyl (C=O) groups is 3. The lowest BCUT2D eigenvalue weighted by atomic mass is 10.2. The van der Waals surface area contributed by atoms with Crippen LogP contribution in [0.2, 0.25) is 0 Å². The number of halogens is 3. The van der Waals surface area contributed by atoms with Crippen LogP contribution in [-0.2, 0) is 19.1 Å². The minimum Gasteiger partial charge on any atom is -0.467 e. The number of hydrogen-bond acceptors (Lipinski definition) is 4. The first-order chi connectivity index (χ1) is 8.09. The Balaban J connectivity index is 4.36. The van der Waals surface area contributed by atoms with E-state index in [1.54, 1.807) is 0 Å². The number of methoxy groups -OCH3 is 1. The number of nitrogens with one attached hydrogen (secondary N) is 2. The summed E-state index contributed by atoms with van der Waals surface area (Å²) in [6, 6.07) is -2.45. The fourth-order valence-corrected chi connectivity index (χ4v) is 0.918. The fraction of sp³-hybridized carbons (Fsp3) is 0.667. The molecule has 0 saturated heterocycles. The highest BCUT2D eigenvalue weighted by Gasteiger charge is 2.40. The number of amides is 2. The predicted octanol–water partition coefficient (Wildman–Crippen LogP) is -0.269. The molecule has 0 fully saturated rings. The van der Waals surface area contributed by atoms with Gasteiger partial charge in [0.25, 0.3) is 0 Å². The molecule has 0 spiro atoms. The SMILES string of the molecule is COC(=O)[C@H](C)NC(=O)[C@H](C)NC(=O)C(F)(F)F. The van der Waals surface area contributed by atoms with Gasteiger partial charge in [-0.2, -0.15) is 13.2 Å². The molecule has 2 N–H and O–H groups in total. The van der Waals surface area contributed by atoms with Crippen LogP contribution in [0.15, 0.2) is 0 Å². The molecule has 0 aliphatic rings. The Morgan fingerprint density at radius 1 is 1.06 bits per heavy atom. The van der Waals surface area contributed by atoms with Gasteiger partial charge in [-0.3, -0.25) is 9.59 Å². The summed E-state index contributed by atoms with van der Waals surface area (Å²) in [5, 5.41) is 3.55. The number of esters is 1. The maximum absolute atomic E-state index is 11.9. The minimum atomic E-state index is -5.07. The van der Waals surface area contributed by atoms with Crippen LogP contribution in [0.25, 0.3) is 0 Å². The van der Waals surface area contributed by atoms with Gasteiger partial charge in [0.15, 0.2) is 0 Å². The van der Waals surface area contributed by atoms with E-state index in [1.807, 2.05) is 0 Å². The van der Waals surface area contributed by atoms with E-state index in [2.05, 4.69) is 10.1 Å². The molecule has 0 radical (unpaired) electrons. The Bertz CT molecular complexity index is 343. The monoisotopic (exact) mass is 270 g/mol. The molecular weight excluding hydrogens is 257 g/mol. The topological polar surface area (TPSA) is 84.5 Å². The predicted molar refractivity (Wildman–Crippen MR) is 53.3 cm³/mol. The average Bonchev–Trinajstić information content (AvgIpc) is 2.26. The number of rotatable bonds is 4. The molecule has 18 heavy (non-hydrogen) atoms. The maximum atomic E-state index is 11.9. The third-order valence-electron chi connectivity index (χ3n) is 1.91. The fourth-order valence-electron chi connectivity index (χ4n) is 0.918. The minimum absolute atomic E-state index is 0.752. The van der Waals surface area contributed by atoms with Gasteiger partial charge in [-0.05, 0) is 13.8 Å². The van der Waals surface area contributed by atoms with Crippen molar-refractivity contribution in [1.29, 1.82) is 0 Å². The molecule has 0 heterocycles. The Morgan fingerprint density at radius 2 is 1.56 bits per heavy atom. The summed E-state index contributed by atoms with van der Waals surface area (Å²) in [7, 11) is 1.10. The highest BCUT2D eigenvalue weighted by Crippen LogP contribution is 2.14. The van der Waals surface area contributed by atoms with E-state index in [4.69, 9.17) is 0 Å². The smallest absolute Gasteiger partial charge is 0.467 e. The highest BCUT2D eigenvalue weighted by atomic mass is 19.4. The van der Waals surface area contributed by atoms with Crippen LogP contribution in [0.4, 0.5) is 13.2 Å². The summed E-state index contributed by atoms with van der Waals surface area (Å²) in [6.07, 6.45) is -5.07. The van der Waals surface area contributed by atoms with Crippen molar-refractivity contribution in [3.63, 3.8) is 0 Å². The highest BCUT2D eigenvalue weighted by molar-refractivity contribution is 5.91. The Kier molecular flexibility index (Phi) is 5.60. The molecule has 6 nitrogen and oxygen atoms in total. The lowest BCUT2D eigenvalue weighted by Gasteiger charge is -2.17. The second kappa shape index (κ2) is 6.22. The summed E-state index contributed by atoms with van der Waals surface area (Å²) in [5.74, 6) is -3.90. The van der Waals surface area contributed by atoms with Crippen LogP contribution in [0.5, 0.6) is 0 Å². The summed E-state index contributed by atoms with van der Waals surface area (Å²) in [6.45, 7) is 2.35. The first-order valence-electron chi connectivity index (χ1n) is 4.85. The van der Waals surface area contributed by atoms with Gasteiger partial charge in [-0.1, -0.05) is 0 Å². The first kappa shape index (κ1) is 16.2. The van der Waals surface area contributed by atoms with Gasteiger partial charge >= 0.3 is 18.1 Å². The zero-order valence-corrected chi connectivity index (χ0v) is 9.92. The van der Waals surface area contributed by atoms with Crippen LogP contribution in [0, 0.1) is 0 Å². The molecule has 0 aromatic rings. The lowest BCUT2D eigenvalue weighted by molar-refractivity contribution is -0.174. The van der Waals surface area contributed by atoms with E-state index in [0.717, 1.165) is 14.0 Å². The van der Waals surface area contributed by atoms with E-state index >= 15 is 0 Å². The van der Waals surface area contributed by atoms with Crippen molar-refractivity contribution in [2.24, 2.45) is 0 Å². The number of carbonyl (C=O) groups excluding carboxylic acids is 3. The van der Waals surface area contributed by atoms with E-state index in [9.17, 15) is 27.6 Å². The van der Waals surface area contributed by atoms with Crippen molar-refractivity contribution in [3.05, 3.63) is 0 Å². The number of ether oxygens (including phenoxy) is 1. The zero-order valence-electron chi connectivity index (χ0n) is 9.92. The van der Waals surface area contributed by atoms with Crippen LogP contribution in [0.3, 0.4) is 0 Å². The van der Waals surface area contributed by atoms with Crippen LogP contribution in [0.1, 0.15) is 13.8 Å². The molecule has 2 amide bonds. The summed E-state index contributed by atoms with van der Waals surface area (Å²) < 4.78 is 40.0. The molecule has 0 aliphatic carbocycles.